The first kappa shape index (κ1) is 15.9. The van der Waals surface area contributed by atoms with Gasteiger partial charge in [-0.2, -0.15) is 0 Å². The molecule has 7 heteroatoms. The molecule has 1 heterocycles. The molecule has 1 aromatic heterocycles. The molecule has 0 radical (unpaired) electrons. The first-order valence-electron chi connectivity index (χ1n) is 6.38. The van der Waals surface area contributed by atoms with E-state index in [1.807, 2.05) is 19.1 Å². The van der Waals surface area contributed by atoms with Crippen LogP contribution in [0.4, 0.5) is 5.69 Å². The van der Waals surface area contributed by atoms with Gasteiger partial charge in [-0.05, 0) is 36.8 Å². The SMILES string of the molecule is CC(NCC(O)c1ccc([N+](=O)[O-])cc1)c1ccc(Cl)s1. The molecule has 0 aliphatic carbocycles. The van der Waals surface area contributed by atoms with Crippen molar-refractivity contribution < 1.29 is 10.0 Å². The molecule has 0 saturated carbocycles. The third-order valence-electron chi connectivity index (χ3n) is 3.13. The number of hydrogen-bond donors (Lipinski definition) is 2. The van der Waals surface area contributed by atoms with Crippen LogP contribution < -0.4 is 5.32 Å². The fraction of sp³-hybridized carbons (Fsp3) is 0.286. The first-order chi connectivity index (χ1) is 9.97. The summed E-state index contributed by atoms with van der Waals surface area (Å²) < 4.78 is 0.731. The number of aliphatic hydroxyl groups excluding tert-OH is 1. The van der Waals surface area contributed by atoms with E-state index < -0.39 is 11.0 Å². The molecule has 2 rings (SSSR count). The smallest absolute Gasteiger partial charge is 0.269 e. The van der Waals surface area contributed by atoms with Crippen LogP contribution in [0.3, 0.4) is 0 Å². The van der Waals surface area contributed by atoms with Crippen molar-refractivity contribution in [3.8, 4) is 0 Å². The monoisotopic (exact) mass is 326 g/mol. The van der Waals surface area contributed by atoms with Crippen LogP contribution in [0.2, 0.25) is 4.34 Å². The summed E-state index contributed by atoms with van der Waals surface area (Å²) in [5.41, 5.74) is 0.657. The summed E-state index contributed by atoms with van der Waals surface area (Å²) in [6.45, 7) is 2.35. The second-order valence-electron chi connectivity index (χ2n) is 4.64. The van der Waals surface area contributed by atoms with Crippen molar-refractivity contribution in [3.63, 3.8) is 0 Å². The quantitative estimate of drug-likeness (QED) is 0.627. The van der Waals surface area contributed by atoms with Gasteiger partial charge >= 0.3 is 0 Å². The Morgan fingerprint density at radius 3 is 2.52 bits per heavy atom. The highest BCUT2D eigenvalue weighted by Gasteiger charge is 2.13. The van der Waals surface area contributed by atoms with Gasteiger partial charge in [0.15, 0.2) is 0 Å². The number of benzene rings is 1. The van der Waals surface area contributed by atoms with Crippen LogP contribution >= 0.6 is 22.9 Å². The van der Waals surface area contributed by atoms with E-state index in [2.05, 4.69) is 5.32 Å². The second kappa shape index (κ2) is 7.00. The van der Waals surface area contributed by atoms with Gasteiger partial charge in [-0.25, -0.2) is 0 Å². The Kier molecular flexibility index (Phi) is 5.30. The molecule has 0 bridgehead atoms. The van der Waals surface area contributed by atoms with Crippen LogP contribution in [-0.2, 0) is 0 Å². The Bertz CT molecular complexity index is 615. The molecule has 0 spiro atoms. The molecule has 1 aromatic carbocycles. The molecule has 2 atom stereocenters. The summed E-state index contributed by atoms with van der Waals surface area (Å²) >= 11 is 7.38. The van der Waals surface area contributed by atoms with Crippen LogP contribution in [0.15, 0.2) is 36.4 Å². The second-order valence-corrected chi connectivity index (χ2v) is 6.38. The van der Waals surface area contributed by atoms with Gasteiger partial charge < -0.3 is 10.4 Å². The lowest BCUT2D eigenvalue weighted by atomic mass is 10.1. The number of aliphatic hydroxyl groups is 1. The number of rotatable bonds is 6. The zero-order valence-electron chi connectivity index (χ0n) is 11.3. The largest absolute Gasteiger partial charge is 0.387 e. The average Bonchev–Trinajstić information content (AvgIpc) is 2.91. The van der Waals surface area contributed by atoms with Gasteiger partial charge in [0, 0.05) is 29.6 Å². The Morgan fingerprint density at radius 1 is 1.33 bits per heavy atom. The maximum atomic E-state index is 10.6. The summed E-state index contributed by atoms with van der Waals surface area (Å²) in [6.07, 6.45) is -0.719. The van der Waals surface area contributed by atoms with E-state index in [4.69, 9.17) is 11.6 Å². The fourth-order valence-corrected chi connectivity index (χ4v) is 2.97. The number of nitro benzene ring substituents is 1. The minimum absolute atomic E-state index is 0.0144. The summed E-state index contributed by atoms with van der Waals surface area (Å²) in [4.78, 5) is 11.2. The van der Waals surface area contributed by atoms with Gasteiger partial charge in [-0.3, -0.25) is 10.1 Å². The van der Waals surface area contributed by atoms with Crippen LogP contribution in [0.25, 0.3) is 0 Å². The molecule has 21 heavy (non-hydrogen) atoms. The molecule has 0 aliphatic rings. The number of non-ortho nitro benzene ring substituents is 1. The van der Waals surface area contributed by atoms with Gasteiger partial charge in [-0.1, -0.05) is 11.6 Å². The van der Waals surface area contributed by atoms with Crippen molar-refractivity contribution in [1.82, 2.24) is 5.32 Å². The summed E-state index contributed by atoms with van der Waals surface area (Å²) in [7, 11) is 0. The number of hydrogen-bond acceptors (Lipinski definition) is 5. The molecule has 5 nitrogen and oxygen atoms in total. The van der Waals surface area contributed by atoms with Gasteiger partial charge in [0.1, 0.15) is 0 Å². The topological polar surface area (TPSA) is 75.4 Å². The lowest BCUT2D eigenvalue weighted by Crippen LogP contribution is -2.24. The Labute approximate surface area is 131 Å². The van der Waals surface area contributed by atoms with Crippen molar-refractivity contribution in [2.24, 2.45) is 0 Å². The van der Waals surface area contributed by atoms with E-state index in [1.54, 1.807) is 12.1 Å². The molecular weight excluding hydrogens is 312 g/mol. The van der Waals surface area contributed by atoms with Crippen molar-refractivity contribution in [3.05, 3.63) is 61.3 Å². The third-order valence-corrected chi connectivity index (χ3v) is 4.54. The number of thiophene rings is 1. The number of halogens is 1. The standard InChI is InChI=1S/C14H15ClN2O3S/c1-9(13-6-7-14(15)21-13)16-8-12(18)10-2-4-11(5-3-10)17(19)20/h2-7,9,12,16,18H,8H2,1H3. The number of nitrogens with one attached hydrogen (secondary N) is 1. The summed E-state index contributed by atoms with van der Waals surface area (Å²) in [5, 5.41) is 23.9. The first-order valence-corrected chi connectivity index (χ1v) is 7.58. The number of nitrogens with zero attached hydrogens (tertiary/aromatic N) is 1. The zero-order valence-corrected chi connectivity index (χ0v) is 12.9. The van der Waals surface area contributed by atoms with E-state index >= 15 is 0 Å². The normalized spacial score (nSPS) is 13.9. The Morgan fingerprint density at radius 2 is 2.00 bits per heavy atom. The zero-order chi connectivity index (χ0) is 15.4. The van der Waals surface area contributed by atoms with Crippen molar-refractivity contribution in [2.45, 2.75) is 19.1 Å². The molecule has 0 fully saturated rings. The van der Waals surface area contributed by atoms with Crippen LogP contribution in [0.1, 0.15) is 29.5 Å². The molecular formula is C14H15ClN2O3S. The molecule has 2 aromatic rings. The highest BCUT2D eigenvalue weighted by atomic mass is 35.5. The summed E-state index contributed by atoms with van der Waals surface area (Å²) in [5.74, 6) is 0. The van der Waals surface area contributed by atoms with Crippen LogP contribution in [0, 0.1) is 10.1 Å². The minimum atomic E-state index is -0.719. The van der Waals surface area contributed by atoms with Crippen molar-refractivity contribution >= 4 is 28.6 Å². The Hall–Kier alpha value is -1.47. The van der Waals surface area contributed by atoms with E-state index in [9.17, 15) is 15.2 Å². The minimum Gasteiger partial charge on any atom is -0.387 e. The summed E-state index contributed by atoms with van der Waals surface area (Å²) in [6, 6.07) is 9.78. The molecule has 0 saturated heterocycles. The molecule has 2 N–H and O–H groups in total. The van der Waals surface area contributed by atoms with Crippen LogP contribution in [0.5, 0.6) is 0 Å². The average molecular weight is 327 g/mol. The van der Waals surface area contributed by atoms with E-state index in [0.29, 0.717) is 12.1 Å². The maximum Gasteiger partial charge on any atom is 0.269 e. The highest BCUT2D eigenvalue weighted by Crippen LogP contribution is 2.27. The predicted molar refractivity (Wildman–Crippen MR) is 83.8 cm³/mol. The maximum absolute atomic E-state index is 10.6. The third kappa shape index (κ3) is 4.25. The lowest BCUT2D eigenvalue weighted by molar-refractivity contribution is -0.384. The molecule has 112 valence electrons. The molecule has 2 unspecified atom stereocenters. The van der Waals surface area contributed by atoms with Gasteiger partial charge in [0.05, 0.1) is 15.4 Å². The van der Waals surface area contributed by atoms with Gasteiger partial charge in [0.2, 0.25) is 0 Å². The van der Waals surface area contributed by atoms with Crippen molar-refractivity contribution in [1.29, 1.82) is 0 Å². The van der Waals surface area contributed by atoms with Gasteiger partial charge in [-0.15, -0.1) is 11.3 Å². The molecule has 0 amide bonds. The lowest BCUT2D eigenvalue weighted by Gasteiger charge is -2.16. The number of nitro groups is 1. The fourth-order valence-electron chi connectivity index (χ4n) is 1.89. The Balaban J connectivity index is 1.92. The molecule has 0 aliphatic heterocycles. The van der Waals surface area contributed by atoms with Crippen LogP contribution in [-0.4, -0.2) is 16.6 Å². The van der Waals surface area contributed by atoms with E-state index in [1.165, 1.54) is 23.5 Å². The van der Waals surface area contributed by atoms with E-state index in [0.717, 1.165) is 9.21 Å². The predicted octanol–water partition coefficient (Wildman–Crippen LogP) is 3.69. The van der Waals surface area contributed by atoms with Gasteiger partial charge in [0.25, 0.3) is 5.69 Å². The van der Waals surface area contributed by atoms with E-state index in [-0.39, 0.29) is 11.7 Å². The highest BCUT2D eigenvalue weighted by molar-refractivity contribution is 7.16. The van der Waals surface area contributed by atoms with Crippen molar-refractivity contribution in [2.75, 3.05) is 6.54 Å².